The van der Waals surface area contributed by atoms with Crippen molar-refractivity contribution in [3.05, 3.63) is 76.7 Å². The van der Waals surface area contributed by atoms with E-state index in [1.54, 1.807) is 6.07 Å². The van der Waals surface area contributed by atoms with Crippen LogP contribution in [0.1, 0.15) is 35.1 Å². The van der Waals surface area contributed by atoms with Crippen molar-refractivity contribution in [3.8, 4) is 11.1 Å². The van der Waals surface area contributed by atoms with Gasteiger partial charge in [-0.25, -0.2) is 23.1 Å². The maximum absolute atomic E-state index is 12.7. The Bertz CT molecular complexity index is 1610. The number of aliphatic hydroxyl groups excluding tert-OH is 1. The molecule has 11 heteroatoms. The summed E-state index contributed by atoms with van der Waals surface area (Å²) in [6.45, 7) is 10.9. The average molecular weight is 580 g/mol. The van der Waals surface area contributed by atoms with E-state index in [1.807, 2.05) is 48.9 Å². The van der Waals surface area contributed by atoms with Gasteiger partial charge in [-0.2, -0.15) is 0 Å². The number of morpholine rings is 1. The first-order valence-corrected chi connectivity index (χ1v) is 15.1. The highest BCUT2D eigenvalue weighted by Gasteiger charge is 2.23. The third kappa shape index (κ3) is 7.76. The van der Waals surface area contributed by atoms with Gasteiger partial charge in [0.2, 0.25) is 0 Å². The fourth-order valence-electron chi connectivity index (χ4n) is 4.64. The van der Waals surface area contributed by atoms with Crippen molar-refractivity contribution >= 4 is 27.1 Å². The maximum atomic E-state index is 12.7. The number of imidazole rings is 1. The minimum absolute atomic E-state index is 0.00359. The highest BCUT2D eigenvalue weighted by molar-refractivity contribution is 7.90. The van der Waals surface area contributed by atoms with Crippen LogP contribution in [0.3, 0.4) is 0 Å². The van der Waals surface area contributed by atoms with Gasteiger partial charge in [-0.1, -0.05) is 42.8 Å². The monoisotopic (exact) mass is 579 g/mol. The molecule has 1 fully saturated rings. The Balaban J connectivity index is 0.000000247. The Kier molecular flexibility index (Phi) is 9.87. The molecule has 0 saturated carbocycles. The molecule has 0 unspecified atom stereocenters. The minimum Gasteiger partial charge on any atom is -0.387 e. The van der Waals surface area contributed by atoms with E-state index in [-0.39, 0.29) is 4.90 Å². The number of aliphatic hydroxyl groups is 1. The molecule has 1 amide bonds. The molecule has 10 nitrogen and oxygen atoms in total. The molecule has 0 aliphatic carbocycles. The molecule has 4 aromatic rings. The van der Waals surface area contributed by atoms with Gasteiger partial charge in [-0.15, -0.1) is 0 Å². The average Bonchev–Trinajstić information content (AvgIpc) is 3.38. The van der Waals surface area contributed by atoms with Crippen molar-refractivity contribution < 1.29 is 23.1 Å². The van der Waals surface area contributed by atoms with Crippen LogP contribution in [-0.4, -0.2) is 72.2 Å². The molecule has 0 bridgehead atoms. The lowest BCUT2D eigenvalue weighted by Gasteiger charge is -2.27. The fraction of sp³-hybridized carbons (Fsp3) is 0.367. The molecule has 41 heavy (non-hydrogen) atoms. The lowest BCUT2D eigenvalue weighted by atomic mass is 10.0. The summed E-state index contributed by atoms with van der Waals surface area (Å²) in [6, 6.07) is 14.7. The van der Waals surface area contributed by atoms with E-state index in [1.165, 1.54) is 11.6 Å². The zero-order valence-electron chi connectivity index (χ0n) is 23.9. The van der Waals surface area contributed by atoms with E-state index in [0.717, 1.165) is 58.9 Å². The van der Waals surface area contributed by atoms with Crippen LogP contribution >= 0.6 is 0 Å². The first kappa shape index (κ1) is 30.3. The summed E-state index contributed by atoms with van der Waals surface area (Å²) in [6.07, 6.45) is 0.925. The zero-order chi connectivity index (χ0) is 29.6. The zero-order valence-corrected chi connectivity index (χ0v) is 24.7. The summed E-state index contributed by atoms with van der Waals surface area (Å²) in [5, 5.41) is 8.90. The molecule has 0 radical (unpaired) electrons. The van der Waals surface area contributed by atoms with Crippen LogP contribution in [0.15, 0.2) is 53.4 Å². The van der Waals surface area contributed by atoms with Crippen LogP contribution in [-0.2, 0) is 32.5 Å². The molecular weight excluding hydrogens is 542 g/mol. The number of hydrogen-bond donors (Lipinski definition) is 3. The van der Waals surface area contributed by atoms with Crippen LogP contribution in [0.25, 0.3) is 22.3 Å². The second-order valence-electron chi connectivity index (χ2n) is 10.1. The Morgan fingerprint density at radius 3 is 2.41 bits per heavy atom. The number of aryl methyl sites for hydroxylation is 4. The molecule has 2 aromatic carbocycles. The van der Waals surface area contributed by atoms with Crippen LogP contribution in [0.5, 0.6) is 0 Å². The van der Waals surface area contributed by atoms with Crippen molar-refractivity contribution in [1.29, 1.82) is 0 Å². The van der Waals surface area contributed by atoms with Gasteiger partial charge in [0.25, 0.3) is 15.9 Å². The Hall–Kier alpha value is -3.64. The smallest absolute Gasteiger partial charge is 0.264 e. The second-order valence-corrected chi connectivity index (χ2v) is 11.7. The van der Waals surface area contributed by atoms with Crippen LogP contribution in [0, 0.1) is 20.8 Å². The maximum Gasteiger partial charge on any atom is 0.264 e. The van der Waals surface area contributed by atoms with Gasteiger partial charge in [0.05, 0.1) is 23.6 Å². The van der Waals surface area contributed by atoms with Gasteiger partial charge < -0.3 is 14.8 Å². The first-order chi connectivity index (χ1) is 19.6. The minimum atomic E-state index is -4.10. The number of H-pyrrole nitrogens is 1. The number of rotatable bonds is 7. The number of aromatic amines is 1. The molecule has 1 saturated heterocycles. The van der Waals surface area contributed by atoms with E-state index in [4.69, 9.17) is 9.84 Å². The Labute approximate surface area is 240 Å². The van der Waals surface area contributed by atoms with Gasteiger partial charge in [-0.05, 0) is 55.7 Å². The molecule has 218 valence electrons. The number of hydrogen-bond acceptors (Lipinski definition) is 8. The SMILES string of the molecule is CCc1nc2nc(C)cc(C)c2[nH]1.Cc1ccc(-c2cc(CN3CCOCC3)ccc2S(=O)(=O)NC(=O)CO)cc1. The summed E-state index contributed by atoms with van der Waals surface area (Å²) in [5.74, 6) is 0.0449. The van der Waals surface area contributed by atoms with Crippen LogP contribution < -0.4 is 4.72 Å². The topological polar surface area (TPSA) is 138 Å². The molecule has 0 atom stereocenters. The van der Waals surface area contributed by atoms with Gasteiger partial charge in [-0.3, -0.25) is 9.69 Å². The van der Waals surface area contributed by atoms with Crippen molar-refractivity contribution in [3.63, 3.8) is 0 Å². The summed E-state index contributed by atoms with van der Waals surface area (Å²) < 4.78 is 32.7. The number of carbonyl (C=O) groups excluding carboxylic acids is 1. The normalized spacial score (nSPS) is 14.0. The lowest BCUT2D eigenvalue weighted by molar-refractivity contribution is -0.122. The second kappa shape index (κ2) is 13.3. The number of ether oxygens (including phenoxy) is 1. The predicted molar refractivity (Wildman–Crippen MR) is 158 cm³/mol. The Morgan fingerprint density at radius 2 is 1.76 bits per heavy atom. The van der Waals surface area contributed by atoms with E-state index >= 15 is 0 Å². The highest BCUT2D eigenvalue weighted by Crippen LogP contribution is 2.29. The van der Waals surface area contributed by atoms with E-state index in [2.05, 4.69) is 39.8 Å². The number of nitrogens with one attached hydrogen (secondary N) is 2. The highest BCUT2D eigenvalue weighted by atomic mass is 32.2. The van der Waals surface area contributed by atoms with Crippen molar-refractivity contribution in [2.45, 2.75) is 45.6 Å². The van der Waals surface area contributed by atoms with Crippen LogP contribution in [0.4, 0.5) is 0 Å². The molecule has 1 aliphatic rings. The number of pyridine rings is 1. The van der Waals surface area contributed by atoms with Gasteiger partial charge in [0, 0.05) is 37.3 Å². The fourth-order valence-corrected chi connectivity index (χ4v) is 5.83. The number of nitrogens with zero attached hydrogens (tertiary/aromatic N) is 3. The van der Waals surface area contributed by atoms with Crippen molar-refractivity contribution in [2.75, 3.05) is 32.9 Å². The third-order valence-electron chi connectivity index (χ3n) is 6.77. The molecule has 5 rings (SSSR count). The largest absolute Gasteiger partial charge is 0.387 e. The summed E-state index contributed by atoms with van der Waals surface area (Å²) in [5.41, 5.74) is 7.46. The van der Waals surface area contributed by atoms with Gasteiger partial charge in [0.1, 0.15) is 12.4 Å². The Morgan fingerprint density at radius 1 is 1.05 bits per heavy atom. The molecule has 2 aromatic heterocycles. The third-order valence-corrected chi connectivity index (χ3v) is 8.20. The molecule has 1 aliphatic heterocycles. The molecule has 0 spiro atoms. The molecular formula is C30H37N5O5S. The molecule has 3 heterocycles. The van der Waals surface area contributed by atoms with E-state index in [9.17, 15) is 13.2 Å². The van der Waals surface area contributed by atoms with Gasteiger partial charge in [0.15, 0.2) is 5.65 Å². The van der Waals surface area contributed by atoms with Gasteiger partial charge >= 0.3 is 0 Å². The summed E-state index contributed by atoms with van der Waals surface area (Å²) in [4.78, 5) is 25.7. The first-order valence-electron chi connectivity index (χ1n) is 13.6. The number of fused-ring (bicyclic) bond motifs is 1. The molecule has 3 N–H and O–H groups in total. The number of benzene rings is 2. The summed E-state index contributed by atoms with van der Waals surface area (Å²) >= 11 is 0. The number of sulfonamides is 1. The van der Waals surface area contributed by atoms with Crippen molar-refractivity contribution in [1.82, 2.24) is 24.6 Å². The standard InChI is InChI=1S/C20H24N2O5S.C10H13N3/c1-15-2-5-17(6-3-15)18-12-16(13-22-8-10-27-11-9-22)4-7-19(18)28(25,26)21-20(24)14-23;1-4-8-12-9-6(2)5-7(3)11-10(9)13-8/h2-7,12,23H,8-11,13-14H2,1H3,(H,21,24);5H,4H2,1-3H3,(H,11,12,13). The quantitative estimate of drug-likeness (QED) is 0.303. The summed E-state index contributed by atoms with van der Waals surface area (Å²) in [7, 11) is -4.10. The van der Waals surface area contributed by atoms with E-state index in [0.29, 0.717) is 25.3 Å². The number of carbonyl (C=O) groups is 1. The predicted octanol–water partition coefficient (Wildman–Crippen LogP) is 3.43. The lowest BCUT2D eigenvalue weighted by Crippen LogP contribution is -2.35. The van der Waals surface area contributed by atoms with Crippen molar-refractivity contribution in [2.24, 2.45) is 0 Å². The van der Waals surface area contributed by atoms with E-state index < -0.39 is 22.5 Å². The van der Waals surface area contributed by atoms with Crippen LogP contribution in [0.2, 0.25) is 0 Å². The number of amides is 1. The number of aromatic nitrogens is 3.